The lowest BCUT2D eigenvalue weighted by molar-refractivity contribution is -0.242. The fourth-order valence-electron chi connectivity index (χ4n) is 2.64. The van der Waals surface area contributed by atoms with Crippen molar-refractivity contribution >= 4 is 14.6 Å². The number of hydrogen-bond acceptors (Lipinski definition) is 3. The van der Waals surface area contributed by atoms with Gasteiger partial charge in [-0.2, -0.15) is 0 Å². The fraction of sp³-hybridized carbons (Fsp3) is 1.00. The highest BCUT2D eigenvalue weighted by Gasteiger charge is 2.34. The summed E-state index contributed by atoms with van der Waals surface area (Å²) < 4.78 is 0. The summed E-state index contributed by atoms with van der Waals surface area (Å²) >= 11 is 0. The van der Waals surface area contributed by atoms with E-state index in [0.717, 1.165) is 0 Å². The van der Waals surface area contributed by atoms with Gasteiger partial charge in [0, 0.05) is 7.26 Å². The van der Waals surface area contributed by atoms with Gasteiger partial charge in [0.1, 0.15) is 0 Å². The Morgan fingerprint density at radius 3 is 1.00 bits per heavy atom. The Kier molecular flexibility index (Phi) is 18.8. The Hall–Kier alpha value is 0.375. The molecule has 0 saturated carbocycles. The van der Waals surface area contributed by atoms with Gasteiger partial charge in [0.25, 0.3) is 0 Å². The zero-order chi connectivity index (χ0) is 16.6. The van der Waals surface area contributed by atoms with E-state index in [1.54, 1.807) is 24.6 Å². The number of rotatable bonds is 12. The van der Waals surface area contributed by atoms with Crippen LogP contribution in [0, 0.1) is 0 Å². The lowest BCUT2D eigenvalue weighted by Gasteiger charge is -2.28. The van der Waals surface area contributed by atoms with Crippen molar-refractivity contribution in [1.29, 1.82) is 0 Å². The molecule has 0 aliphatic heterocycles. The Morgan fingerprint density at radius 2 is 0.857 bits per heavy atom. The van der Waals surface area contributed by atoms with Crippen molar-refractivity contribution in [3.05, 3.63) is 0 Å². The van der Waals surface area contributed by atoms with Crippen molar-refractivity contribution < 1.29 is 15.1 Å². The molecule has 0 heterocycles. The highest BCUT2D eigenvalue weighted by Crippen LogP contribution is 2.61. The van der Waals surface area contributed by atoms with E-state index in [0.29, 0.717) is 0 Å². The van der Waals surface area contributed by atoms with Crippen LogP contribution in [0.1, 0.15) is 79.1 Å². The van der Waals surface area contributed by atoms with Gasteiger partial charge in [-0.05, 0) is 25.7 Å². The molecule has 128 valence electrons. The highest BCUT2D eigenvalue weighted by molar-refractivity contribution is 7.75. The van der Waals surface area contributed by atoms with Crippen molar-refractivity contribution in [2.24, 2.45) is 0 Å². The molecule has 21 heavy (non-hydrogen) atoms. The van der Waals surface area contributed by atoms with Gasteiger partial charge in [-0.25, -0.2) is 0 Å². The minimum Gasteiger partial charge on any atom is -0.832 e. The number of unbranched alkanes of at least 4 members (excludes halogenated alkanes) is 4. The van der Waals surface area contributed by atoms with E-state index in [2.05, 4.69) is 27.7 Å². The molecule has 0 spiro atoms. The fourth-order valence-corrected chi connectivity index (χ4v) is 7.93. The molecule has 0 saturated heterocycles. The van der Waals surface area contributed by atoms with Crippen molar-refractivity contribution in [3.8, 4) is 0 Å². The minimum atomic E-state index is -2.42. The highest BCUT2D eigenvalue weighted by atomic mass is 31.2. The first kappa shape index (κ1) is 23.6. The average Bonchev–Trinajstić information content (AvgIpc) is 2.45. The Bertz CT molecular complexity index is 164. The first-order valence-corrected chi connectivity index (χ1v) is 11.4. The van der Waals surface area contributed by atoms with Crippen molar-refractivity contribution in [1.82, 2.24) is 0 Å². The molecule has 0 aliphatic carbocycles. The van der Waals surface area contributed by atoms with Crippen LogP contribution in [0.5, 0.6) is 0 Å². The lowest BCUT2D eigenvalue weighted by atomic mass is 10.3. The molecule has 0 fully saturated rings. The summed E-state index contributed by atoms with van der Waals surface area (Å²) in [6.45, 7) is 9.42. The van der Waals surface area contributed by atoms with E-state index in [1.165, 1.54) is 51.4 Å². The van der Waals surface area contributed by atoms with Gasteiger partial charge < -0.3 is 15.1 Å². The summed E-state index contributed by atoms with van der Waals surface area (Å²) in [7, 11) is -2.98. The third-order valence-corrected chi connectivity index (χ3v) is 9.00. The number of hydrogen-bond donors (Lipinski definition) is 2. The zero-order valence-electron chi connectivity index (χ0n) is 14.8. The lowest BCUT2D eigenvalue weighted by Crippen LogP contribution is -2.29. The molecular weight excluding hydrogens is 282 g/mol. The smallest absolute Gasteiger partial charge is 0.339 e. The molecule has 3 nitrogen and oxygen atoms in total. The molecule has 0 amide bonds. The van der Waals surface area contributed by atoms with Crippen molar-refractivity contribution in [3.63, 3.8) is 0 Å². The van der Waals surface area contributed by atoms with Gasteiger partial charge >= 0.3 is 7.32 Å². The van der Waals surface area contributed by atoms with E-state index >= 15 is 0 Å². The summed E-state index contributed by atoms with van der Waals surface area (Å²) in [5, 5.41) is 22.8. The Morgan fingerprint density at radius 1 is 0.667 bits per heavy atom. The van der Waals surface area contributed by atoms with Crippen molar-refractivity contribution in [2.45, 2.75) is 79.1 Å². The van der Waals surface area contributed by atoms with Crippen LogP contribution >= 0.6 is 7.26 Å². The van der Waals surface area contributed by atoms with Crippen LogP contribution in [0.25, 0.3) is 0 Å². The van der Waals surface area contributed by atoms with Gasteiger partial charge in [-0.1, -0.05) is 53.4 Å². The Labute approximate surface area is 134 Å². The first-order chi connectivity index (χ1) is 9.97. The molecule has 0 bridgehead atoms. The van der Waals surface area contributed by atoms with Crippen LogP contribution in [0.4, 0.5) is 0 Å². The molecule has 0 radical (unpaired) electrons. The molecule has 0 aromatic rings. The summed E-state index contributed by atoms with van der Waals surface area (Å²) in [6, 6.07) is 0. The summed E-state index contributed by atoms with van der Waals surface area (Å²) in [5.41, 5.74) is 0. The maximum absolute atomic E-state index is 8.64. The van der Waals surface area contributed by atoms with Crippen molar-refractivity contribution in [2.75, 3.05) is 24.6 Å². The second-order valence-corrected chi connectivity index (χ2v) is 10.4. The van der Waals surface area contributed by atoms with Gasteiger partial charge in [-0.3, -0.25) is 0 Å². The molecule has 0 aromatic heterocycles. The van der Waals surface area contributed by atoms with Crippen LogP contribution in [-0.4, -0.2) is 42.0 Å². The summed E-state index contributed by atoms with van der Waals surface area (Å²) in [5.74, 6) is 0. The van der Waals surface area contributed by atoms with E-state index in [-0.39, 0.29) is 0 Å². The molecule has 0 atom stereocenters. The van der Waals surface area contributed by atoms with Crippen LogP contribution in [-0.2, 0) is 0 Å². The predicted octanol–water partition coefficient (Wildman–Crippen LogP) is 3.52. The third kappa shape index (κ3) is 16.6. The van der Waals surface area contributed by atoms with Crippen LogP contribution in [0.3, 0.4) is 0 Å². The van der Waals surface area contributed by atoms with Gasteiger partial charge in [0.2, 0.25) is 0 Å². The van der Waals surface area contributed by atoms with Crippen LogP contribution in [0.15, 0.2) is 0 Å². The van der Waals surface area contributed by atoms with Gasteiger partial charge in [-0.15, -0.1) is 0 Å². The van der Waals surface area contributed by atoms with Gasteiger partial charge in [0.15, 0.2) is 0 Å². The first-order valence-electron chi connectivity index (χ1n) is 8.85. The van der Waals surface area contributed by atoms with E-state index < -0.39 is 14.6 Å². The third-order valence-electron chi connectivity index (χ3n) is 3.94. The van der Waals surface area contributed by atoms with Crippen LogP contribution in [0.2, 0.25) is 0 Å². The topological polar surface area (TPSA) is 63.5 Å². The zero-order valence-corrected chi connectivity index (χ0v) is 15.7. The Balaban J connectivity index is 0. The van der Waals surface area contributed by atoms with E-state index in [9.17, 15) is 0 Å². The standard InChI is InChI=1S/C16H36P.BH2O3/c1-5-9-13-17(14-10-6-2,15-11-7-3)16-12-8-4;2-1(3)4/h5-16H2,1-4H3;2-3H/q+1;-1. The second kappa shape index (κ2) is 16.7. The molecule has 2 N–H and O–H groups in total. The molecular formula is C16H38BO3P. The second-order valence-electron chi connectivity index (χ2n) is 5.98. The summed E-state index contributed by atoms with van der Waals surface area (Å²) in [6.07, 6.45) is 17.9. The van der Waals surface area contributed by atoms with E-state index in [1.807, 2.05) is 0 Å². The summed E-state index contributed by atoms with van der Waals surface area (Å²) in [4.78, 5) is 0. The molecule has 0 aromatic carbocycles. The normalized spacial score (nSPS) is 11.0. The quantitative estimate of drug-likeness (QED) is 0.427. The maximum atomic E-state index is 8.64. The predicted molar refractivity (Wildman–Crippen MR) is 96.2 cm³/mol. The SMILES string of the molecule is CCCC[P+](CCCC)(CCCC)CCCC.[O-]B(O)O. The molecule has 0 aliphatic rings. The molecule has 0 rings (SSSR count). The monoisotopic (exact) mass is 320 g/mol. The van der Waals surface area contributed by atoms with E-state index in [4.69, 9.17) is 15.1 Å². The minimum absolute atomic E-state index is 0.562. The van der Waals surface area contributed by atoms with Gasteiger partial charge in [0.05, 0.1) is 24.6 Å². The maximum Gasteiger partial charge on any atom is 0.339 e. The molecule has 5 heteroatoms. The molecule has 0 unspecified atom stereocenters. The van der Waals surface area contributed by atoms with Crippen LogP contribution < -0.4 is 5.02 Å². The largest absolute Gasteiger partial charge is 0.832 e. The average molecular weight is 320 g/mol.